The average Bonchev–Trinajstić information content (AvgIpc) is 2.91. The first-order chi connectivity index (χ1) is 10.2. The van der Waals surface area contributed by atoms with E-state index < -0.39 is 0 Å². The summed E-state index contributed by atoms with van der Waals surface area (Å²) in [5.74, 6) is -0.214. The van der Waals surface area contributed by atoms with E-state index in [0.29, 0.717) is 13.1 Å². The van der Waals surface area contributed by atoms with Crippen LogP contribution in [0.5, 0.6) is 0 Å². The van der Waals surface area contributed by atoms with Gasteiger partial charge in [0.25, 0.3) is 0 Å². The minimum Gasteiger partial charge on any atom is -0.343 e. The first kappa shape index (κ1) is 13.8. The molecule has 1 heterocycles. The van der Waals surface area contributed by atoms with E-state index in [2.05, 4.69) is 42.0 Å². The van der Waals surface area contributed by atoms with Crippen molar-refractivity contribution in [2.75, 3.05) is 0 Å². The topological polar surface area (TPSA) is 30.9 Å². The predicted molar refractivity (Wildman–Crippen MR) is 84.7 cm³/mol. The van der Waals surface area contributed by atoms with E-state index in [0.717, 1.165) is 17.5 Å². The Hall–Kier alpha value is -2.13. The molecule has 0 radical (unpaired) electrons. The van der Waals surface area contributed by atoms with Crippen molar-refractivity contribution in [3.8, 4) is 0 Å². The summed E-state index contributed by atoms with van der Waals surface area (Å²) >= 11 is 0. The molecule has 0 atom stereocenters. The van der Waals surface area contributed by atoms with Crippen LogP contribution < -0.4 is 5.73 Å². The number of fused-ring (bicyclic) bond motifs is 1. The van der Waals surface area contributed by atoms with Gasteiger partial charge in [-0.3, -0.25) is 0 Å². The smallest absolute Gasteiger partial charge is 0.123 e. The van der Waals surface area contributed by atoms with Gasteiger partial charge in [0, 0.05) is 19.3 Å². The van der Waals surface area contributed by atoms with Gasteiger partial charge in [-0.25, -0.2) is 4.39 Å². The Bertz CT molecular complexity index is 774. The normalized spacial score (nSPS) is 11.2. The van der Waals surface area contributed by atoms with Crippen molar-refractivity contribution < 1.29 is 4.39 Å². The largest absolute Gasteiger partial charge is 0.343 e. The fourth-order valence-corrected chi connectivity index (χ4v) is 2.88. The molecule has 21 heavy (non-hydrogen) atoms. The molecular weight excluding hydrogens is 263 g/mol. The standard InChI is InChI=1S/C18H19FN2/c1-2-13-4-3-5-14-8-9-21(18(13)14)12-16-10-17(19)7-6-15(16)11-20/h3-10H,2,11-12,20H2,1H3. The van der Waals surface area contributed by atoms with E-state index in [1.807, 2.05) is 0 Å². The second-order valence-electron chi connectivity index (χ2n) is 5.27. The van der Waals surface area contributed by atoms with Crippen LogP contribution in [0.4, 0.5) is 4.39 Å². The summed E-state index contributed by atoms with van der Waals surface area (Å²) in [6.45, 7) is 3.22. The molecule has 0 saturated carbocycles. The fraction of sp³-hybridized carbons (Fsp3) is 0.222. The number of aryl methyl sites for hydroxylation is 1. The summed E-state index contributed by atoms with van der Waals surface area (Å²) in [5.41, 5.74) is 10.2. The maximum absolute atomic E-state index is 13.5. The Kier molecular flexibility index (Phi) is 3.76. The third kappa shape index (κ3) is 2.57. The zero-order valence-corrected chi connectivity index (χ0v) is 12.1. The molecule has 0 amide bonds. The molecule has 3 heteroatoms. The summed E-state index contributed by atoms with van der Waals surface area (Å²) in [6.07, 6.45) is 3.04. The third-order valence-corrected chi connectivity index (χ3v) is 3.98. The number of benzene rings is 2. The van der Waals surface area contributed by atoms with Gasteiger partial charge in [0.1, 0.15) is 5.82 Å². The van der Waals surface area contributed by atoms with Crippen molar-refractivity contribution in [1.29, 1.82) is 0 Å². The van der Waals surface area contributed by atoms with Gasteiger partial charge in [-0.15, -0.1) is 0 Å². The van der Waals surface area contributed by atoms with Gasteiger partial charge in [-0.2, -0.15) is 0 Å². The molecule has 0 fully saturated rings. The van der Waals surface area contributed by atoms with Crippen LogP contribution >= 0.6 is 0 Å². The minimum atomic E-state index is -0.214. The summed E-state index contributed by atoms with van der Waals surface area (Å²) in [4.78, 5) is 0. The molecule has 2 N–H and O–H groups in total. The van der Waals surface area contributed by atoms with Gasteiger partial charge in [-0.05, 0) is 46.7 Å². The van der Waals surface area contributed by atoms with Crippen LogP contribution in [-0.2, 0) is 19.5 Å². The van der Waals surface area contributed by atoms with Gasteiger partial charge < -0.3 is 10.3 Å². The molecule has 0 spiro atoms. The molecule has 0 aliphatic carbocycles. The number of nitrogens with two attached hydrogens (primary N) is 1. The molecule has 2 nitrogen and oxygen atoms in total. The maximum atomic E-state index is 13.5. The molecule has 3 rings (SSSR count). The van der Waals surface area contributed by atoms with Crippen molar-refractivity contribution in [2.24, 2.45) is 5.73 Å². The monoisotopic (exact) mass is 282 g/mol. The van der Waals surface area contributed by atoms with Crippen molar-refractivity contribution in [3.05, 3.63) is 71.2 Å². The quantitative estimate of drug-likeness (QED) is 0.774. The van der Waals surface area contributed by atoms with E-state index >= 15 is 0 Å². The number of nitrogens with zero attached hydrogens (tertiary/aromatic N) is 1. The van der Waals surface area contributed by atoms with Crippen LogP contribution in [0.3, 0.4) is 0 Å². The fourth-order valence-electron chi connectivity index (χ4n) is 2.88. The number of aromatic nitrogens is 1. The van der Waals surface area contributed by atoms with Gasteiger partial charge in [-0.1, -0.05) is 31.2 Å². The Morgan fingerprint density at radius 1 is 1.05 bits per heavy atom. The highest BCUT2D eigenvalue weighted by Crippen LogP contribution is 2.23. The van der Waals surface area contributed by atoms with E-state index in [4.69, 9.17) is 5.73 Å². The second-order valence-corrected chi connectivity index (χ2v) is 5.27. The van der Waals surface area contributed by atoms with Crippen molar-refractivity contribution in [2.45, 2.75) is 26.4 Å². The highest BCUT2D eigenvalue weighted by Gasteiger charge is 2.08. The maximum Gasteiger partial charge on any atom is 0.123 e. The molecule has 0 saturated heterocycles. The summed E-state index contributed by atoms with van der Waals surface area (Å²) in [6, 6.07) is 13.3. The predicted octanol–water partition coefficient (Wildman–Crippen LogP) is 3.85. The molecule has 0 aliphatic rings. The molecule has 1 aromatic heterocycles. The van der Waals surface area contributed by atoms with Crippen LogP contribution in [0, 0.1) is 5.82 Å². The summed E-state index contributed by atoms with van der Waals surface area (Å²) in [7, 11) is 0. The number of hydrogen-bond donors (Lipinski definition) is 1. The lowest BCUT2D eigenvalue weighted by Gasteiger charge is -2.12. The molecule has 3 aromatic rings. The second kappa shape index (κ2) is 5.70. The van der Waals surface area contributed by atoms with Crippen molar-refractivity contribution in [1.82, 2.24) is 4.57 Å². The number of para-hydroxylation sites is 1. The highest BCUT2D eigenvalue weighted by molar-refractivity contribution is 5.83. The SMILES string of the molecule is CCc1cccc2ccn(Cc3cc(F)ccc3CN)c12. The lowest BCUT2D eigenvalue weighted by Crippen LogP contribution is -2.07. The van der Waals surface area contributed by atoms with Crippen LogP contribution in [-0.4, -0.2) is 4.57 Å². The van der Waals surface area contributed by atoms with Crippen LogP contribution in [0.1, 0.15) is 23.6 Å². The third-order valence-electron chi connectivity index (χ3n) is 3.98. The van der Waals surface area contributed by atoms with Crippen LogP contribution in [0.15, 0.2) is 48.7 Å². The zero-order valence-electron chi connectivity index (χ0n) is 12.1. The van der Waals surface area contributed by atoms with E-state index in [-0.39, 0.29) is 5.82 Å². The lowest BCUT2D eigenvalue weighted by molar-refractivity contribution is 0.622. The first-order valence-electron chi connectivity index (χ1n) is 7.27. The van der Waals surface area contributed by atoms with Crippen LogP contribution in [0.2, 0.25) is 0 Å². The molecule has 0 bridgehead atoms. The van der Waals surface area contributed by atoms with E-state index in [1.54, 1.807) is 12.1 Å². The van der Waals surface area contributed by atoms with Gasteiger partial charge in [0.05, 0.1) is 5.52 Å². The number of halogens is 1. The number of hydrogen-bond acceptors (Lipinski definition) is 1. The minimum absolute atomic E-state index is 0.214. The molecule has 0 unspecified atom stereocenters. The summed E-state index contributed by atoms with van der Waals surface area (Å²) < 4.78 is 15.7. The van der Waals surface area contributed by atoms with Crippen LogP contribution in [0.25, 0.3) is 10.9 Å². The van der Waals surface area contributed by atoms with Crippen molar-refractivity contribution in [3.63, 3.8) is 0 Å². The Morgan fingerprint density at radius 3 is 2.67 bits per heavy atom. The van der Waals surface area contributed by atoms with E-state index in [9.17, 15) is 4.39 Å². The average molecular weight is 282 g/mol. The van der Waals surface area contributed by atoms with Gasteiger partial charge >= 0.3 is 0 Å². The highest BCUT2D eigenvalue weighted by atomic mass is 19.1. The molecule has 2 aromatic carbocycles. The first-order valence-corrected chi connectivity index (χ1v) is 7.27. The zero-order chi connectivity index (χ0) is 14.8. The lowest BCUT2D eigenvalue weighted by atomic mass is 10.1. The Labute approximate surface area is 124 Å². The van der Waals surface area contributed by atoms with Gasteiger partial charge in [0.15, 0.2) is 0 Å². The Balaban J connectivity index is 2.08. The summed E-state index contributed by atoms with van der Waals surface area (Å²) in [5, 5.41) is 1.22. The van der Waals surface area contributed by atoms with Crippen molar-refractivity contribution >= 4 is 10.9 Å². The van der Waals surface area contributed by atoms with E-state index in [1.165, 1.54) is 22.5 Å². The molecular formula is C18H19FN2. The molecule has 108 valence electrons. The molecule has 0 aliphatic heterocycles. The van der Waals surface area contributed by atoms with Gasteiger partial charge in [0.2, 0.25) is 0 Å². The Morgan fingerprint density at radius 2 is 1.90 bits per heavy atom. The number of rotatable bonds is 4.